The Labute approximate surface area is 115 Å². The smallest absolute Gasteiger partial charge is 0.242 e. The van der Waals surface area contributed by atoms with Gasteiger partial charge in [-0.15, -0.1) is 0 Å². The normalized spacial score (nSPS) is 9.35. The van der Waals surface area contributed by atoms with Gasteiger partial charge in [-0.25, -0.2) is 4.98 Å². The van der Waals surface area contributed by atoms with Crippen molar-refractivity contribution in [2.45, 2.75) is 0 Å². The van der Waals surface area contributed by atoms with Crippen LogP contribution in [0.5, 0.6) is 17.4 Å². The maximum atomic E-state index is 8.93. The molecule has 0 saturated heterocycles. The van der Waals surface area contributed by atoms with Gasteiger partial charge in [0.1, 0.15) is 17.6 Å². The summed E-state index contributed by atoms with van der Waals surface area (Å²) in [4.78, 5) is 3.96. The second-order valence-corrected chi connectivity index (χ2v) is 3.84. The minimum atomic E-state index is 0.168. The summed E-state index contributed by atoms with van der Waals surface area (Å²) in [6.07, 6.45) is 1.36. The summed E-state index contributed by atoms with van der Waals surface area (Å²) >= 11 is 0. The van der Waals surface area contributed by atoms with E-state index in [9.17, 15) is 0 Å². The van der Waals surface area contributed by atoms with Crippen molar-refractivity contribution in [2.75, 3.05) is 12.8 Å². The molecule has 20 heavy (non-hydrogen) atoms. The van der Waals surface area contributed by atoms with Crippen molar-refractivity contribution >= 4 is 5.69 Å². The molecule has 6 nitrogen and oxygen atoms in total. The van der Waals surface area contributed by atoms with E-state index >= 15 is 0 Å². The molecule has 0 spiro atoms. The van der Waals surface area contributed by atoms with Gasteiger partial charge in [-0.3, -0.25) is 0 Å². The molecule has 0 radical (unpaired) electrons. The fraction of sp³-hybridized carbons (Fsp3) is 0.0714. The van der Waals surface area contributed by atoms with Gasteiger partial charge < -0.3 is 15.2 Å². The SMILES string of the molecule is COc1cc(C#N)cc(Oc2ncc(C#N)cc2N)c1. The fourth-order valence-electron chi connectivity index (χ4n) is 1.54. The van der Waals surface area contributed by atoms with Crippen LogP contribution in [0.4, 0.5) is 5.69 Å². The Hall–Kier alpha value is -3.25. The molecule has 1 aromatic carbocycles. The van der Waals surface area contributed by atoms with Crippen LogP contribution in [0, 0.1) is 22.7 Å². The molecule has 0 bridgehead atoms. The third-order valence-electron chi connectivity index (χ3n) is 2.47. The van der Waals surface area contributed by atoms with Crippen molar-refractivity contribution in [3.8, 4) is 29.5 Å². The molecule has 1 heterocycles. The monoisotopic (exact) mass is 266 g/mol. The van der Waals surface area contributed by atoms with Gasteiger partial charge in [0, 0.05) is 12.3 Å². The number of ether oxygens (including phenoxy) is 2. The Morgan fingerprint density at radius 2 is 1.75 bits per heavy atom. The van der Waals surface area contributed by atoms with E-state index in [-0.39, 0.29) is 11.6 Å². The minimum Gasteiger partial charge on any atom is -0.497 e. The average Bonchev–Trinajstić information content (AvgIpc) is 2.48. The molecule has 6 heteroatoms. The summed E-state index contributed by atoms with van der Waals surface area (Å²) in [7, 11) is 1.49. The van der Waals surface area contributed by atoms with E-state index < -0.39 is 0 Å². The van der Waals surface area contributed by atoms with Crippen molar-refractivity contribution in [1.29, 1.82) is 10.5 Å². The van der Waals surface area contributed by atoms with E-state index in [1.165, 1.54) is 19.4 Å². The van der Waals surface area contributed by atoms with Gasteiger partial charge in [-0.2, -0.15) is 10.5 Å². The maximum Gasteiger partial charge on any atom is 0.242 e. The van der Waals surface area contributed by atoms with Crippen LogP contribution in [-0.2, 0) is 0 Å². The van der Waals surface area contributed by atoms with Crippen LogP contribution in [0.1, 0.15) is 11.1 Å². The van der Waals surface area contributed by atoms with E-state index in [1.807, 2.05) is 12.1 Å². The number of hydrogen-bond acceptors (Lipinski definition) is 6. The molecular weight excluding hydrogens is 256 g/mol. The lowest BCUT2D eigenvalue weighted by Gasteiger charge is -2.09. The van der Waals surface area contributed by atoms with Gasteiger partial charge in [0.25, 0.3) is 0 Å². The summed E-state index contributed by atoms with van der Waals surface area (Å²) in [5.74, 6) is 1.04. The van der Waals surface area contributed by atoms with Crippen molar-refractivity contribution < 1.29 is 9.47 Å². The topological polar surface area (TPSA) is 105 Å². The fourth-order valence-corrected chi connectivity index (χ4v) is 1.54. The molecular formula is C14H10N4O2. The molecule has 0 saturated carbocycles. The van der Waals surface area contributed by atoms with Crippen LogP contribution in [-0.4, -0.2) is 12.1 Å². The molecule has 1 aromatic heterocycles. The van der Waals surface area contributed by atoms with E-state index in [2.05, 4.69) is 4.98 Å². The van der Waals surface area contributed by atoms with E-state index in [0.29, 0.717) is 22.6 Å². The number of benzene rings is 1. The quantitative estimate of drug-likeness (QED) is 0.913. The van der Waals surface area contributed by atoms with Crippen LogP contribution in [0.15, 0.2) is 30.5 Å². The number of nitrogens with zero attached hydrogens (tertiary/aromatic N) is 3. The predicted octanol–water partition coefficient (Wildman–Crippen LogP) is 2.21. The highest BCUT2D eigenvalue weighted by atomic mass is 16.5. The van der Waals surface area contributed by atoms with Crippen LogP contribution >= 0.6 is 0 Å². The highest BCUT2D eigenvalue weighted by molar-refractivity contribution is 5.54. The van der Waals surface area contributed by atoms with Gasteiger partial charge in [-0.1, -0.05) is 0 Å². The molecule has 98 valence electrons. The van der Waals surface area contributed by atoms with Crippen LogP contribution in [0.2, 0.25) is 0 Å². The lowest BCUT2D eigenvalue weighted by Crippen LogP contribution is -1.96. The maximum absolute atomic E-state index is 8.93. The molecule has 0 aliphatic carbocycles. The van der Waals surface area contributed by atoms with Crippen molar-refractivity contribution in [2.24, 2.45) is 0 Å². The summed E-state index contributed by atoms with van der Waals surface area (Å²) in [6, 6.07) is 10.1. The molecule has 2 N–H and O–H groups in total. The summed E-state index contributed by atoms with van der Waals surface area (Å²) in [5.41, 5.74) is 6.73. The van der Waals surface area contributed by atoms with Gasteiger partial charge in [-0.05, 0) is 18.2 Å². The summed E-state index contributed by atoms with van der Waals surface area (Å²) < 4.78 is 10.6. The van der Waals surface area contributed by atoms with Crippen molar-refractivity contribution in [3.63, 3.8) is 0 Å². The molecule has 0 fully saturated rings. The third-order valence-corrected chi connectivity index (χ3v) is 2.47. The average molecular weight is 266 g/mol. The van der Waals surface area contributed by atoms with Crippen LogP contribution in [0.25, 0.3) is 0 Å². The zero-order valence-corrected chi connectivity index (χ0v) is 10.6. The lowest BCUT2D eigenvalue weighted by atomic mass is 10.2. The minimum absolute atomic E-state index is 0.168. The molecule has 0 aliphatic heterocycles. The zero-order chi connectivity index (χ0) is 14.5. The highest BCUT2D eigenvalue weighted by Crippen LogP contribution is 2.29. The van der Waals surface area contributed by atoms with Crippen LogP contribution < -0.4 is 15.2 Å². The first kappa shape index (κ1) is 13.2. The number of nitrogen functional groups attached to an aromatic ring is 1. The molecule has 0 atom stereocenters. The first-order valence-electron chi connectivity index (χ1n) is 5.59. The highest BCUT2D eigenvalue weighted by Gasteiger charge is 2.08. The molecule has 0 unspecified atom stereocenters. The zero-order valence-electron chi connectivity index (χ0n) is 10.6. The molecule has 0 aliphatic rings. The van der Waals surface area contributed by atoms with Gasteiger partial charge >= 0.3 is 0 Å². The Kier molecular flexibility index (Phi) is 3.69. The Balaban J connectivity index is 2.35. The number of nitriles is 2. The number of anilines is 1. The number of hydrogen-bond donors (Lipinski definition) is 1. The summed E-state index contributed by atoms with van der Waals surface area (Å²) in [6.45, 7) is 0. The number of aromatic nitrogens is 1. The van der Waals surface area contributed by atoms with Crippen molar-refractivity contribution in [3.05, 3.63) is 41.6 Å². The molecule has 0 amide bonds. The van der Waals surface area contributed by atoms with Gasteiger partial charge in [0.05, 0.1) is 30.0 Å². The van der Waals surface area contributed by atoms with Gasteiger partial charge in [0.2, 0.25) is 5.88 Å². The first-order valence-corrected chi connectivity index (χ1v) is 5.59. The standard InChI is InChI=1S/C14H10N4O2/c1-19-11-2-9(6-15)3-12(5-11)20-14-13(17)4-10(7-16)8-18-14/h2-5,8H,17H2,1H3. The number of rotatable bonds is 3. The predicted molar refractivity (Wildman–Crippen MR) is 71.1 cm³/mol. The van der Waals surface area contributed by atoms with Crippen molar-refractivity contribution in [1.82, 2.24) is 4.98 Å². The Morgan fingerprint density at radius 1 is 1.05 bits per heavy atom. The lowest BCUT2D eigenvalue weighted by molar-refractivity contribution is 0.407. The molecule has 2 rings (SSSR count). The van der Waals surface area contributed by atoms with E-state index in [1.54, 1.807) is 18.2 Å². The first-order chi connectivity index (χ1) is 9.66. The van der Waals surface area contributed by atoms with Crippen LogP contribution in [0.3, 0.4) is 0 Å². The summed E-state index contributed by atoms with van der Waals surface area (Å²) in [5, 5.41) is 17.7. The number of nitrogens with two attached hydrogens (primary N) is 1. The number of pyridine rings is 1. The second kappa shape index (κ2) is 5.59. The third kappa shape index (κ3) is 2.77. The molecule has 2 aromatic rings. The van der Waals surface area contributed by atoms with E-state index in [4.69, 9.17) is 25.7 Å². The van der Waals surface area contributed by atoms with E-state index in [0.717, 1.165) is 0 Å². The largest absolute Gasteiger partial charge is 0.497 e. The van der Waals surface area contributed by atoms with Gasteiger partial charge in [0.15, 0.2) is 0 Å². The Morgan fingerprint density at radius 3 is 2.35 bits per heavy atom. The second-order valence-electron chi connectivity index (χ2n) is 3.84. The Bertz CT molecular complexity index is 729. The number of methoxy groups -OCH3 is 1.